The smallest absolute Gasteiger partial charge is 0.302 e. The van der Waals surface area contributed by atoms with Crippen molar-refractivity contribution in [3.8, 4) is 6.07 Å². The molecule has 2 saturated heterocycles. The topological polar surface area (TPSA) is 90.7 Å². The largest absolute Gasteiger partial charge is 0.466 e. The van der Waals surface area contributed by atoms with E-state index in [9.17, 15) is 18.5 Å². The number of piperidine rings is 1. The van der Waals surface area contributed by atoms with E-state index in [0.717, 1.165) is 88.9 Å². The van der Waals surface area contributed by atoms with Crippen LogP contribution < -0.4 is 4.90 Å². The summed E-state index contributed by atoms with van der Waals surface area (Å²) in [7, 11) is -3.14. The molecule has 3 atom stereocenters. The fourth-order valence-electron chi connectivity index (χ4n) is 8.02. The van der Waals surface area contributed by atoms with Crippen LogP contribution in [0.15, 0.2) is 59.5 Å². The van der Waals surface area contributed by atoms with E-state index in [0.29, 0.717) is 17.4 Å². The van der Waals surface area contributed by atoms with Crippen molar-refractivity contribution in [1.29, 1.82) is 5.26 Å². The molecule has 2 aromatic carbocycles. The van der Waals surface area contributed by atoms with Gasteiger partial charge < -0.3 is 14.5 Å². The summed E-state index contributed by atoms with van der Waals surface area (Å²) in [6, 6.07) is 20.7. The molecule has 42 heavy (non-hydrogen) atoms. The Morgan fingerprint density at radius 3 is 2.29 bits per heavy atom. The number of hydrogen-bond donors (Lipinski definition) is 0. The van der Waals surface area contributed by atoms with E-state index in [1.807, 2.05) is 18.2 Å². The van der Waals surface area contributed by atoms with Crippen LogP contribution in [0, 0.1) is 35.0 Å². The second-order valence-electron chi connectivity index (χ2n) is 13.0. The van der Waals surface area contributed by atoms with Crippen molar-refractivity contribution in [2.24, 2.45) is 23.7 Å². The van der Waals surface area contributed by atoms with Crippen molar-refractivity contribution in [3.63, 3.8) is 0 Å². The highest BCUT2D eigenvalue weighted by atomic mass is 32.2. The maximum absolute atomic E-state index is 12.5. The molecule has 0 bridgehead atoms. The van der Waals surface area contributed by atoms with Gasteiger partial charge in [0.15, 0.2) is 9.84 Å². The zero-order valence-corrected chi connectivity index (χ0v) is 25.5. The van der Waals surface area contributed by atoms with E-state index in [1.165, 1.54) is 6.92 Å². The van der Waals surface area contributed by atoms with E-state index >= 15 is 0 Å². The molecule has 4 aliphatic rings. The van der Waals surface area contributed by atoms with Gasteiger partial charge in [-0.05, 0) is 99.2 Å². The molecule has 8 heteroatoms. The molecule has 0 amide bonds. The highest BCUT2D eigenvalue weighted by Crippen LogP contribution is 2.52. The molecule has 2 aromatic rings. The molecule has 2 saturated carbocycles. The minimum Gasteiger partial charge on any atom is -0.466 e. The number of nitrogens with zero attached hydrogens (tertiary/aromatic N) is 3. The van der Waals surface area contributed by atoms with E-state index in [1.54, 1.807) is 12.1 Å². The minimum absolute atomic E-state index is 0.174. The molecule has 0 spiro atoms. The van der Waals surface area contributed by atoms with Gasteiger partial charge in [0.1, 0.15) is 0 Å². The van der Waals surface area contributed by atoms with Crippen LogP contribution in [0.5, 0.6) is 0 Å². The lowest BCUT2D eigenvalue weighted by atomic mass is 9.58. The highest BCUT2D eigenvalue weighted by Gasteiger charge is 2.52. The maximum Gasteiger partial charge on any atom is 0.302 e. The van der Waals surface area contributed by atoms with Crippen LogP contribution in [0.3, 0.4) is 0 Å². The SMILES string of the molecule is CC(=O)OC[C@H]1CCC[C@@H]1C(C#N)(c1ccccc1)C1CCN(CC2CN(c3ccc(S(=O)(=O)C4CC4)cc3)C2)CC1. The summed E-state index contributed by atoms with van der Waals surface area (Å²) in [6.07, 6.45) is 6.64. The van der Waals surface area contributed by atoms with Gasteiger partial charge in [0, 0.05) is 38.2 Å². The van der Waals surface area contributed by atoms with Gasteiger partial charge >= 0.3 is 5.97 Å². The molecule has 0 aromatic heterocycles. The van der Waals surface area contributed by atoms with Crippen LogP contribution in [-0.4, -0.2) is 63.9 Å². The Balaban J connectivity index is 1.07. The number of carbonyl (C=O) groups excluding carboxylic acids is 1. The van der Waals surface area contributed by atoms with Crippen molar-refractivity contribution < 1.29 is 17.9 Å². The molecule has 1 unspecified atom stereocenters. The number of benzene rings is 2. The first-order valence-electron chi connectivity index (χ1n) is 15.7. The summed E-state index contributed by atoms with van der Waals surface area (Å²) >= 11 is 0. The number of likely N-dealkylation sites (tertiary alicyclic amines) is 1. The highest BCUT2D eigenvalue weighted by molar-refractivity contribution is 7.92. The van der Waals surface area contributed by atoms with Gasteiger partial charge in [0.2, 0.25) is 0 Å². The quantitative estimate of drug-likeness (QED) is 0.351. The molecule has 7 nitrogen and oxygen atoms in total. The molecule has 2 aliphatic carbocycles. The molecule has 224 valence electrons. The summed E-state index contributed by atoms with van der Waals surface area (Å²) in [5.74, 6) is 1.02. The second kappa shape index (κ2) is 12.0. The van der Waals surface area contributed by atoms with Crippen molar-refractivity contribution >= 4 is 21.5 Å². The monoisotopic (exact) mass is 589 g/mol. The molecule has 0 N–H and O–H groups in total. The Morgan fingerprint density at radius 1 is 0.976 bits per heavy atom. The fourth-order valence-corrected chi connectivity index (χ4v) is 9.67. The van der Waals surface area contributed by atoms with Crippen LogP contribution in [0.4, 0.5) is 5.69 Å². The number of rotatable bonds is 10. The zero-order chi connectivity index (χ0) is 29.3. The summed E-state index contributed by atoms with van der Waals surface area (Å²) in [5, 5.41) is 10.7. The van der Waals surface area contributed by atoms with E-state index in [-0.39, 0.29) is 29.0 Å². The molecular weight excluding hydrogens is 546 g/mol. The number of anilines is 1. The Bertz CT molecular complexity index is 1390. The van der Waals surface area contributed by atoms with Gasteiger partial charge in [-0.15, -0.1) is 0 Å². The van der Waals surface area contributed by atoms with Crippen LogP contribution in [0.2, 0.25) is 0 Å². The van der Waals surface area contributed by atoms with Gasteiger partial charge in [0.05, 0.1) is 28.2 Å². The number of ether oxygens (including phenoxy) is 1. The Labute approximate surface area is 250 Å². The van der Waals surface area contributed by atoms with Crippen molar-refractivity contribution in [1.82, 2.24) is 4.90 Å². The van der Waals surface area contributed by atoms with E-state index in [2.05, 4.69) is 40.1 Å². The molecular formula is C34H43N3O4S. The normalized spacial score (nSPS) is 25.4. The number of esters is 1. The van der Waals surface area contributed by atoms with Crippen LogP contribution in [0.1, 0.15) is 57.4 Å². The maximum atomic E-state index is 12.5. The number of nitriles is 1. The molecule has 2 aliphatic heterocycles. The zero-order valence-electron chi connectivity index (χ0n) is 24.7. The molecule has 2 heterocycles. The Kier molecular flexibility index (Phi) is 8.35. The predicted molar refractivity (Wildman–Crippen MR) is 163 cm³/mol. The standard InChI is InChI=1S/C34H43N3O4S/c1-25(38)41-23-27-6-5-9-33(27)34(24-35,28-7-3-2-4-8-28)29-16-18-36(19-17-29)20-26-21-37(22-26)30-10-12-31(13-11-30)42(39,40)32-14-15-32/h2-4,7-8,10-13,26-27,29,32-33H,5-6,9,14-23H2,1H3/t27-,33+,34?/m1/s1. The average Bonchev–Trinajstić information content (AvgIpc) is 3.75. The predicted octanol–water partition coefficient (Wildman–Crippen LogP) is 5.21. The lowest BCUT2D eigenvalue weighted by Gasteiger charge is -2.48. The first-order chi connectivity index (χ1) is 20.3. The summed E-state index contributed by atoms with van der Waals surface area (Å²) in [5.41, 5.74) is 1.65. The fraction of sp³-hybridized carbons (Fsp3) is 0.588. The van der Waals surface area contributed by atoms with Gasteiger partial charge in [-0.2, -0.15) is 5.26 Å². The van der Waals surface area contributed by atoms with Crippen molar-refractivity contribution in [2.45, 2.75) is 67.4 Å². The van der Waals surface area contributed by atoms with Crippen molar-refractivity contribution in [3.05, 3.63) is 60.2 Å². The van der Waals surface area contributed by atoms with E-state index < -0.39 is 15.3 Å². The Morgan fingerprint density at radius 2 is 1.67 bits per heavy atom. The Hall–Kier alpha value is -2.89. The molecule has 4 fully saturated rings. The number of carbonyl (C=O) groups is 1. The summed E-state index contributed by atoms with van der Waals surface area (Å²) in [4.78, 5) is 17.0. The van der Waals surface area contributed by atoms with Crippen molar-refractivity contribution in [2.75, 3.05) is 44.2 Å². The second-order valence-corrected chi connectivity index (χ2v) is 15.3. The number of sulfone groups is 1. The third-order valence-electron chi connectivity index (χ3n) is 10.4. The third-order valence-corrected chi connectivity index (χ3v) is 12.7. The molecule has 6 rings (SSSR count). The van der Waals surface area contributed by atoms with Gasteiger partial charge in [-0.1, -0.05) is 36.8 Å². The van der Waals surface area contributed by atoms with Gasteiger partial charge in [0.25, 0.3) is 0 Å². The lowest BCUT2D eigenvalue weighted by molar-refractivity contribution is -0.143. The minimum atomic E-state index is -3.14. The average molecular weight is 590 g/mol. The van der Waals surface area contributed by atoms with Crippen LogP contribution >= 0.6 is 0 Å². The third kappa shape index (κ3) is 5.70. The van der Waals surface area contributed by atoms with E-state index in [4.69, 9.17) is 4.74 Å². The van der Waals surface area contributed by atoms with Gasteiger partial charge in [-0.3, -0.25) is 4.79 Å². The van der Waals surface area contributed by atoms with Crippen LogP contribution in [0.25, 0.3) is 0 Å². The van der Waals surface area contributed by atoms with Crippen LogP contribution in [-0.2, 0) is 24.8 Å². The first-order valence-corrected chi connectivity index (χ1v) is 17.3. The first kappa shape index (κ1) is 29.2. The lowest BCUT2D eigenvalue weighted by Crippen LogP contribution is -2.54. The number of hydrogen-bond acceptors (Lipinski definition) is 7. The summed E-state index contributed by atoms with van der Waals surface area (Å²) < 4.78 is 30.5. The summed E-state index contributed by atoms with van der Waals surface area (Å²) in [6.45, 7) is 6.89. The molecule has 0 radical (unpaired) electrons. The van der Waals surface area contributed by atoms with Gasteiger partial charge in [-0.25, -0.2) is 8.42 Å².